The Morgan fingerprint density at radius 2 is 1.55 bits per heavy atom. The molecule has 0 aliphatic heterocycles. The van der Waals surface area contributed by atoms with Gasteiger partial charge in [0.15, 0.2) is 0 Å². The predicted octanol–water partition coefficient (Wildman–Crippen LogP) is 6.84. The van der Waals surface area contributed by atoms with Crippen LogP contribution >= 0.6 is 43.5 Å². The van der Waals surface area contributed by atoms with Gasteiger partial charge in [0.2, 0.25) is 0 Å². The zero-order valence-electron chi connectivity index (χ0n) is 11.8. The van der Waals surface area contributed by atoms with Crippen LogP contribution in [-0.4, -0.2) is 0 Å². The van der Waals surface area contributed by atoms with Crippen LogP contribution < -0.4 is 0 Å². The largest absolute Gasteiger partial charge is 0.113 e. The summed E-state index contributed by atoms with van der Waals surface area (Å²) in [6.07, 6.45) is 0. The minimum absolute atomic E-state index is 0.147. The predicted molar refractivity (Wildman–Crippen MR) is 94.7 cm³/mol. The maximum absolute atomic E-state index is 6.61. The molecule has 0 saturated carbocycles. The van der Waals surface area contributed by atoms with Crippen LogP contribution in [0.15, 0.2) is 51.4 Å². The van der Waals surface area contributed by atoms with E-state index >= 15 is 0 Å². The third-order valence-corrected chi connectivity index (χ3v) is 4.97. The minimum Gasteiger partial charge on any atom is -0.113 e. The van der Waals surface area contributed by atoms with Crippen molar-refractivity contribution in [2.75, 3.05) is 0 Å². The summed E-state index contributed by atoms with van der Waals surface area (Å²) in [4.78, 5) is 0. The third kappa shape index (κ3) is 3.66. The summed E-state index contributed by atoms with van der Waals surface area (Å²) in [5.41, 5.74) is 3.68. The van der Waals surface area contributed by atoms with Gasteiger partial charge in [0.1, 0.15) is 0 Å². The van der Waals surface area contributed by atoms with Crippen LogP contribution in [0.4, 0.5) is 0 Å². The van der Waals surface area contributed by atoms with E-state index in [2.05, 4.69) is 76.9 Å². The van der Waals surface area contributed by atoms with Crippen LogP contribution in [0.3, 0.4) is 0 Å². The first kappa shape index (κ1) is 16.1. The maximum Gasteiger partial charge on any atom is 0.0846 e. The van der Waals surface area contributed by atoms with E-state index in [0.717, 1.165) is 20.1 Å². The molecule has 1 atom stereocenters. The first-order valence-electron chi connectivity index (χ1n) is 6.48. The molecule has 0 aliphatic rings. The lowest BCUT2D eigenvalue weighted by molar-refractivity contribution is 0.590. The standard InChI is InChI=1S/C17H17Br2Cl/c1-17(2,3)12-6-4-11(5-7-12)16(20)14-9-8-13(18)10-15(14)19/h4-10,16H,1-3H3. The zero-order valence-corrected chi connectivity index (χ0v) is 15.7. The van der Waals surface area contributed by atoms with Gasteiger partial charge in [0.25, 0.3) is 0 Å². The van der Waals surface area contributed by atoms with Crippen molar-refractivity contribution < 1.29 is 0 Å². The fraction of sp³-hybridized carbons (Fsp3) is 0.294. The van der Waals surface area contributed by atoms with Crippen molar-refractivity contribution in [3.63, 3.8) is 0 Å². The van der Waals surface area contributed by atoms with Crippen molar-refractivity contribution in [2.45, 2.75) is 31.6 Å². The molecule has 0 bridgehead atoms. The Morgan fingerprint density at radius 3 is 2.05 bits per heavy atom. The van der Waals surface area contributed by atoms with E-state index < -0.39 is 0 Å². The molecule has 0 aromatic heterocycles. The van der Waals surface area contributed by atoms with Crippen molar-refractivity contribution in [1.82, 2.24) is 0 Å². The molecule has 0 nitrogen and oxygen atoms in total. The highest BCUT2D eigenvalue weighted by molar-refractivity contribution is 9.11. The Kier molecular flexibility index (Phi) is 4.99. The van der Waals surface area contributed by atoms with Gasteiger partial charge in [0.05, 0.1) is 5.38 Å². The Labute approximate surface area is 142 Å². The molecule has 2 rings (SSSR count). The molecule has 2 aromatic carbocycles. The first-order chi connectivity index (χ1) is 9.29. The molecule has 3 heteroatoms. The molecule has 20 heavy (non-hydrogen) atoms. The smallest absolute Gasteiger partial charge is 0.0846 e. The van der Waals surface area contributed by atoms with Gasteiger partial charge in [0, 0.05) is 8.95 Å². The molecule has 1 unspecified atom stereocenters. The van der Waals surface area contributed by atoms with Crippen LogP contribution in [0.1, 0.15) is 42.8 Å². The summed E-state index contributed by atoms with van der Waals surface area (Å²) >= 11 is 13.6. The Balaban J connectivity index is 2.31. The highest BCUT2D eigenvalue weighted by Crippen LogP contribution is 2.36. The quantitative estimate of drug-likeness (QED) is 0.470. The van der Waals surface area contributed by atoms with Crippen molar-refractivity contribution >= 4 is 43.5 Å². The number of rotatable bonds is 2. The van der Waals surface area contributed by atoms with E-state index in [9.17, 15) is 0 Å². The fourth-order valence-corrected chi connectivity index (χ4v) is 3.78. The maximum atomic E-state index is 6.61. The van der Waals surface area contributed by atoms with Gasteiger partial charge in [-0.25, -0.2) is 0 Å². The van der Waals surface area contributed by atoms with E-state index in [4.69, 9.17) is 11.6 Å². The summed E-state index contributed by atoms with van der Waals surface area (Å²) in [6.45, 7) is 6.64. The van der Waals surface area contributed by atoms with Gasteiger partial charge in [-0.3, -0.25) is 0 Å². The lowest BCUT2D eigenvalue weighted by atomic mass is 9.86. The van der Waals surface area contributed by atoms with E-state index in [1.807, 2.05) is 18.2 Å². The van der Waals surface area contributed by atoms with Crippen LogP contribution in [0.5, 0.6) is 0 Å². The molecule has 106 valence electrons. The van der Waals surface area contributed by atoms with Crippen LogP contribution in [-0.2, 0) is 5.41 Å². The lowest BCUT2D eigenvalue weighted by Crippen LogP contribution is -2.10. The van der Waals surface area contributed by atoms with Gasteiger partial charge in [-0.15, -0.1) is 11.6 Å². The van der Waals surface area contributed by atoms with E-state index in [0.29, 0.717) is 0 Å². The number of alkyl halides is 1. The summed E-state index contributed by atoms with van der Waals surface area (Å²) < 4.78 is 2.06. The number of hydrogen-bond acceptors (Lipinski definition) is 0. The molecule has 0 heterocycles. The van der Waals surface area contributed by atoms with Gasteiger partial charge >= 0.3 is 0 Å². The molecule has 0 saturated heterocycles. The number of benzene rings is 2. The number of hydrogen-bond donors (Lipinski definition) is 0. The first-order valence-corrected chi connectivity index (χ1v) is 8.51. The van der Waals surface area contributed by atoms with Crippen LogP contribution in [0.25, 0.3) is 0 Å². The average molecular weight is 417 g/mol. The highest BCUT2D eigenvalue weighted by atomic mass is 79.9. The summed E-state index contributed by atoms with van der Waals surface area (Å²) in [6, 6.07) is 14.6. The summed E-state index contributed by atoms with van der Waals surface area (Å²) in [7, 11) is 0. The van der Waals surface area contributed by atoms with Crippen molar-refractivity contribution in [1.29, 1.82) is 0 Å². The lowest BCUT2D eigenvalue weighted by Gasteiger charge is -2.20. The van der Waals surface area contributed by atoms with Gasteiger partial charge in [-0.1, -0.05) is 83.0 Å². The number of halogens is 3. The third-order valence-electron chi connectivity index (χ3n) is 3.30. The van der Waals surface area contributed by atoms with E-state index in [1.54, 1.807) is 0 Å². The molecule has 0 radical (unpaired) electrons. The van der Waals surface area contributed by atoms with E-state index in [-0.39, 0.29) is 10.8 Å². The molecule has 0 N–H and O–H groups in total. The highest BCUT2D eigenvalue weighted by Gasteiger charge is 2.17. The van der Waals surface area contributed by atoms with Crippen LogP contribution in [0, 0.1) is 0 Å². The average Bonchev–Trinajstić information content (AvgIpc) is 2.37. The molecular weight excluding hydrogens is 399 g/mol. The zero-order chi connectivity index (χ0) is 14.9. The fourth-order valence-electron chi connectivity index (χ4n) is 2.04. The normalized spacial score (nSPS) is 13.3. The topological polar surface area (TPSA) is 0 Å². The van der Waals surface area contributed by atoms with Crippen LogP contribution in [0.2, 0.25) is 0 Å². The van der Waals surface area contributed by atoms with Gasteiger partial charge in [-0.2, -0.15) is 0 Å². The molecule has 2 aromatic rings. The van der Waals surface area contributed by atoms with Gasteiger partial charge < -0.3 is 0 Å². The second-order valence-electron chi connectivity index (χ2n) is 5.90. The van der Waals surface area contributed by atoms with Gasteiger partial charge in [-0.05, 0) is 34.2 Å². The van der Waals surface area contributed by atoms with Crippen molar-refractivity contribution in [3.8, 4) is 0 Å². The Bertz CT molecular complexity index is 597. The second-order valence-corrected chi connectivity index (χ2v) is 8.11. The van der Waals surface area contributed by atoms with Crippen molar-refractivity contribution in [2.24, 2.45) is 0 Å². The molecule has 0 aliphatic carbocycles. The molecule has 0 amide bonds. The second kappa shape index (κ2) is 6.21. The molecule has 0 fully saturated rings. The SMILES string of the molecule is CC(C)(C)c1ccc(C(Cl)c2ccc(Br)cc2Br)cc1. The summed E-state index contributed by atoms with van der Waals surface area (Å²) in [5, 5.41) is -0.147. The minimum atomic E-state index is -0.147. The molecule has 0 spiro atoms. The summed E-state index contributed by atoms with van der Waals surface area (Å²) in [5.74, 6) is 0. The monoisotopic (exact) mass is 414 g/mol. The molecular formula is C17H17Br2Cl. The Morgan fingerprint density at radius 1 is 0.950 bits per heavy atom. The van der Waals surface area contributed by atoms with Crippen molar-refractivity contribution in [3.05, 3.63) is 68.1 Å². The Hall–Kier alpha value is -0.310. The van der Waals surface area contributed by atoms with E-state index in [1.165, 1.54) is 5.56 Å².